The monoisotopic (exact) mass is 178 g/mol. The van der Waals surface area contributed by atoms with Gasteiger partial charge in [0.25, 0.3) is 0 Å². The van der Waals surface area contributed by atoms with Crippen LogP contribution >= 0.6 is 0 Å². The van der Waals surface area contributed by atoms with Crippen LogP contribution in [0.5, 0.6) is 11.5 Å². The van der Waals surface area contributed by atoms with E-state index in [2.05, 4.69) is 4.99 Å². The van der Waals surface area contributed by atoms with E-state index in [1.165, 1.54) is 0 Å². The predicted octanol–water partition coefficient (Wildman–Crippen LogP) is 1.72. The minimum atomic E-state index is 0.258. The second kappa shape index (κ2) is 2.97. The van der Waals surface area contributed by atoms with Gasteiger partial charge in [-0.15, -0.1) is 0 Å². The van der Waals surface area contributed by atoms with Crippen LogP contribution in [0.4, 0.5) is 11.4 Å². The third-order valence-electron chi connectivity index (χ3n) is 1.79. The molecule has 0 amide bonds. The molecule has 2 rings (SSSR count). The number of ether oxygens (including phenoxy) is 2. The average Bonchev–Trinajstić information content (AvgIpc) is 2.52. The first-order chi connectivity index (χ1) is 6.31. The molecule has 0 unspecified atom stereocenters. The summed E-state index contributed by atoms with van der Waals surface area (Å²) in [4.78, 5) is 4.10. The van der Waals surface area contributed by atoms with Crippen LogP contribution < -0.4 is 15.2 Å². The lowest BCUT2D eigenvalue weighted by molar-refractivity contribution is 0.174. The summed E-state index contributed by atoms with van der Waals surface area (Å²) in [5, 5.41) is 0. The van der Waals surface area contributed by atoms with E-state index in [1.807, 2.05) is 6.92 Å². The Labute approximate surface area is 76.0 Å². The van der Waals surface area contributed by atoms with E-state index in [4.69, 9.17) is 15.2 Å². The molecular weight excluding hydrogens is 168 g/mol. The predicted molar refractivity (Wildman–Crippen MR) is 50.8 cm³/mol. The van der Waals surface area contributed by atoms with Crippen LogP contribution in [0.1, 0.15) is 6.92 Å². The van der Waals surface area contributed by atoms with Crippen molar-refractivity contribution >= 4 is 17.6 Å². The standard InChI is InChI=1S/C9H10N2O2/c1-2-11-7-4-9-8(3-6(7)10)12-5-13-9/h2-4H,5,10H2,1H3. The lowest BCUT2D eigenvalue weighted by Crippen LogP contribution is -1.92. The summed E-state index contributed by atoms with van der Waals surface area (Å²) in [6.07, 6.45) is 1.69. The SMILES string of the molecule is CC=Nc1cc2c(cc1N)OCO2. The molecule has 4 nitrogen and oxygen atoms in total. The molecule has 4 heteroatoms. The molecule has 1 aliphatic rings. The Morgan fingerprint density at radius 1 is 1.38 bits per heavy atom. The van der Waals surface area contributed by atoms with Gasteiger partial charge in [-0.25, -0.2) is 0 Å². The minimum absolute atomic E-state index is 0.258. The Bertz CT molecular complexity index is 361. The molecule has 0 bridgehead atoms. The van der Waals surface area contributed by atoms with Crippen molar-refractivity contribution in [2.45, 2.75) is 6.92 Å². The van der Waals surface area contributed by atoms with Crippen molar-refractivity contribution in [1.29, 1.82) is 0 Å². The zero-order valence-corrected chi connectivity index (χ0v) is 7.28. The van der Waals surface area contributed by atoms with Crippen LogP contribution in [0.15, 0.2) is 17.1 Å². The summed E-state index contributed by atoms with van der Waals surface area (Å²) >= 11 is 0. The molecule has 2 N–H and O–H groups in total. The number of nitrogen functional groups attached to an aromatic ring is 1. The maximum absolute atomic E-state index is 5.73. The summed E-state index contributed by atoms with van der Waals surface area (Å²) < 4.78 is 10.3. The van der Waals surface area contributed by atoms with Gasteiger partial charge < -0.3 is 15.2 Å². The number of aliphatic imine (C=N–C) groups is 1. The molecule has 0 spiro atoms. The number of fused-ring (bicyclic) bond motifs is 1. The van der Waals surface area contributed by atoms with E-state index in [-0.39, 0.29) is 6.79 Å². The molecule has 0 saturated carbocycles. The maximum atomic E-state index is 5.73. The summed E-state index contributed by atoms with van der Waals surface area (Å²) in [7, 11) is 0. The molecule has 68 valence electrons. The van der Waals surface area contributed by atoms with E-state index in [0.29, 0.717) is 22.9 Å². The van der Waals surface area contributed by atoms with Crippen molar-refractivity contribution in [2.24, 2.45) is 4.99 Å². The van der Waals surface area contributed by atoms with Crippen LogP contribution in [0.2, 0.25) is 0 Å². The fourth-order valence-electron chi connectivity index (χ4n) is 1.20. The number of hydrogen-bond acceptors (Lipinski definition) is 4. The molecule has 1 aromatic carbocycles. The molecule has 13 heavy (non-hydrogen) atoms. The highest BCUT2D eigenvalue weighted by Crippen LogP contribution is 2.39. The number of hydrogen-bond donors (Lipinski definition) is 1. The lowest BCUT2D eigenvalue weighted by Gasteiger charge is -2.01. The minimum Gasteiger partial charge on any atom is -0.454 e. The molecule has 1 heterocycles. The number of nitrogens with two attached hydrogens (primary N) is 1. The first-order valence-electron chi connectivity index (χ1n) is 3.99. The van der Waals surface area contributed by atoms with Gasteiger partial charge in [-0.1, -0.05) is 0 Å². The Kier molecular flexibility index (Phi) is 1.81. The Morgan fingerprint density at radius 3 is 2.77 bits per heavy atom. The number of rotatable bonds is 1. The molecule has 0 atom stereocenters. The largest absolute Gasteiger partial charge is 0.454 e. The second-order valence-corrected chi connectivity index (χ2v) is 2.65. The lowest BCUT2D eigenvalue weighted by atomic mass is 10.2. The second-order valence-electron chi connectivity index (χ2n) is 2.65. The van der Waals surface area contributed by atoms with Gasteiger partial charge in [0.05, 0.1) is 11.4 Å². The normalized spacial score (nSPS) is 13.9. The number of nitrogens with zero attached hydrogens (tertiary/aromatic N) is 1. The van der Waals surface area contributed by atoms with Gasteiger partial charge >= 0.3 is 0 Å². The van der Waals surface area contributed by atoms with E-state index < -0.39 is 0 Å². The highest BCUT2D eigenvalue weighted by molar-refractivity contribution is 5.74. The first kappa shape index (κ1) is 7.91. The molecule has 0 aliphatic carbocycles. The zero-order chi connectivity index (χ0) is 9.26. The van der Waals surface area contributed by atoms with Crippen LogP contribution in [0.25, 0.3) is 0 Å². The quantitative estimate of drug-likeness (QED) is 0.526. The number of benzene rings is 1. The Balaban J connectivity index is 2.49. The van der Waals surface area contributed by atoms with Crippen molar-refractivity contribution < 1.29 is 9.47 Å². The fourth-order valence-corrected chi connectivity index (χ4v) is 1.20. The van der Waals surface area contributed by atoms with Crippen molar-refractivity contribution in [2.75, 3.05) is 12.5 Å². The summed E-state index contributed by atoms with van der Waals surface area (Å²) in [5.41, 5.74) is 7.04. The molecule has 1 aromatic rings. The van der Waals surface area contributed by atoms with Crippen LogP contribution in [-0.2, 0) is 0 Å². The van der Waals surface area contributed by atoms with Crippen molar-refractivity contribution in [3.8, 4) is 11.5 Å². The van der Waals surface area contributed by atoms with Gasteiger partial charge in [-0.2, -0.15) is 0 Å². The average molecular weight is 178 g/mol. The smallest absolute Gasteiger partial charge is 0.231 e. The highest BCUT2D eigenvalue weighted by atomic mass is 16.7. The molecule has 0 saturated heterocycles. The van der Waals surface area contributed by atoms with Gasteiger partial charge in [0.1, 0.15) is 0 Å². The molecular formula is C9H10N2O2. The third kappa shape index (κ3) is 1.30. The molecule has 1 aliphatic heterocycles. The summed E-state index contributed by atoms with van der Waals surface area (Å²) in [6.45, 7) is 2.10. The van der Waals surface area contributed by atoms with Gasteiger partial charge in [0.15, 0.2) is 11.5 Å². The van der Waals surface area contributed by atoms with Gasteiger partial charge in [-0.05, 0) is 6.92 Å². The van der Waals surface area contributed by atoms with Gasteiger partial charge in [-0.3, -0.25) is 4.99 Å². The van der Waals surface area contributed by atoms with E-state index in [9.17, 15) is 0 Å². The van der Waals surface area contributed by atoms with Crippen molar-refractivity contribution in [3.05, 3.63) is 12.1 Å². The maximum Gasteiger partial charge on any atom is 0.231 e. The highest BCUT2D eigenvalue weighted by Gasteiger charge is 2.15. The topological polar surface area (TPSA) is 56.8 Å². The number of anilines is 1. The third-order valence-corrected chi connectivity index (χ3v) is 1.79. The fraction of sp³-hybridized carbons (Fsp3) is 0.222. The zero-order valence-electron chi connectivity index (χ0n) is 7.28. The Morgan fingerprint density at radius 2 is 2.08 bits per heavy atom. The van der Waals surface area contributed by atoms with Crippen LogP contribution in [0.3, 0.4) is 0 Å². The van der Waals surface area contributed by atoms with Gasteiger partial charge in [0, 0.05) is 18.3 Å². The van der Waals surface area contributed by atoms with Crippen LogP contribution in [-0.4, -0.2) is 13.0 Å². The Hall–Kier alpha value is -1.71. The van der Waals surface area contributed by atoms with Crippen molar-refractivity contribution in [1.82, 2.24) is 0 Å². The van der Waals surface area contributed by atoms with E-state index >= 15 is 0 Å². The molecule has 0 fully saturated rings. The molecule has 0 radical (unpaired) electrons. The summed E-state index contributed by atoms with van der Waals surface area (Å²) in [6, 6.07) is 3.50. The van der Waals surface area contributed by atoms with Gasteiger partial charge in [0.2, 0.25) is 6.79 Å². The van der Waals surface area contributed by atoms with Crippen molar-refractivity contribution in [3.63, 3.8) is 0 Å². The van der Waals surface area contributed by atoms with E-state index in [0.717, 1.165) is 0 Å². The van der Waals surface area contributed by atoms with E-state index in [1.54, 1.807) is 18.3 Å². The first-order valence-corrected chi connectivity index (χ1v) is 3.99. The van der Waals surface area contributed by atoms with Crippen LogP contribution in [0, 0.1) is 0 Å². The summed E-state index contributed by atoms with van der Waals surface area (Å²) in [5.74, 6) is 1.39. The molecule has 0 aromatic heterocycles.